The number of nitrogens with zero attached hydrogens (tertiary/aromatic N) is 4. The fourth-order valence-corrected chi connectivity index (χ4v) is 2.30. The SMILES string of the molecule is O=C(CCc1cccnc1)NCc1nnc2ccc(C(F)(F)F)cn12. The smallest absolute Gasteiger partial charge is 0.349 e. The Hall–Kier alpha value is -2.97. The van der Waals surface area contributed by atoms with Crippen molar-refractivity contribution in [3.8, 4) is 0 Å². The van der Waals surface area contributed by atoms with Crippen molar-refractivity contribution in [2.45, 2.75) is 25.6 Å². The number of fused-ring (bicyclic) bond motifs is 1. The normalized spacial score (nSPS) is 11.6. The summed E-state index contributed by atoms with van der Waals surface area (Å²) in [5.41, 5.74) is 0.414. The molecule has 1 amide bonds. The average Bonchev–Trinajstić information content (AvgIpc) is 3.00. The third kappa shape index (κ3) is 4.11. The molecule has 25 heavy (non-hydrogen) atoms. The van der Waals surface area contributed by atoms with Crippen LogP contribution < -0.4 is 5.32 Å². The van der Waals surface area contributed by atoms with E-state index in [9.17, 15) is 18.0 Å². The maximum absolute atomic E-state index is 12.8. The largest absolute Gasteiger partial charge is 0.417 e. The summed E-state index contributed by atoms with van der Waals surface area (Å²) in [4.78, 5) is 15.9. The van der Waals surface area contributed by atoms with Crippen LogP contribution in [0.2, 0.25) is 0 Å². The lowest BCUT2D eigenvalue weighted by Crippen LogP contribution is -2.24. The number of hydrogen-bond acceptors (Lipinski definition) is 4. The topological polar surface area (TPSA) is 72.2 Å². The Bertz CT molecular complexity index is 876. The first-order chi connectivity index (χ1) is 11.9. The number of nitrogens with one attached hydrogen (secondary N) is 1. The van der Waals surface area contributed by atoms with Gasteiger partial charge in [-0.15, -0.1) is 10.2 Å². The van der Waals surface area contributed by atoms with E-state index in [2.05, 4.69) is 20.5 Å². The predicted octanol–water partition coefficient (Wildman–Crippen LogP) is 2.39. The highest BCUT2D eigenvalue weighted by Gasteiger charge is 2.31. The summed E-state index contributed by atoms with van der Waals surface area (Å²) < 4.78 is 39.6. The van der Waals surface area contributed by atoms with Crippen LogP contribution in [0.15, 0.2) is 42.9 Å². The molecule has 9 heteroatoms. The molecule has 0 aliphatic carbocycles. The summed E-state index contributed by atoms with van der Waals surface area (Å²) in [7, 11) is 0. The van der Waals surface area contributed by atoms with Gasteiger partial charge in [-0.25, -0.2) is 0 Å². The zero-order chi connectivity index (χ0) is 17.9. The standard InChI is InChI=1S/C16H14F3N5O/c17-16(18,19)12-4-5-13-22-23-14(24(13)10-12)9-21-15(25)6-3-11-2-1-7-20-8-11/h1-2,4-5,7-8,10H,3,6,9H2,(H,21,25). The Labute approximate surface area is 140 Å². The summed E-state index contributed by atoms with van der Waals surface area (Å²) in [5, 5.41) is 10.3. The number of rotatable bonds is 5. The van der Waals surface area contributed by atoms with Crippen molar-refractivity contribution >= 4 is 11.6 Å². The molecule has 1 N–H and O–H groups in total. The molecular weight excluding hydrogens is 335 g/mol. The number of aryl methyl sites for hydroxylation is 1. The number of carbonyl (C=O) groups excluding carboxylic acids is 1. The maximum Gasteiger partial charge on any atom is 0.417 e. The van der Waals surface area contributed by atoms with Gasteiger partial charge in [-0.1, -0.05) is 6.07 Å². The average molecular weight is 349 g/mol. The number of hydrogen-bond donors (Lipinski definition) is 1. The second-order valence-corrected chi connectivity index (χ2v) is 5.40. The minimum Gasteiger partial charge on any atom is -0.349 e. The molecule has 0 aliphatic heterocycles. The summed E-state index contributed by atoms with van der Waals surface area (Å²) >= 11 is 0. The molecular formula is C16H14F3N5O. The van der Waals surface area contributed by atoms with Crippen LogP contribution >= 0.6 is 0 Å². The quantitative estimate of drug-likeness (QED) is 0.768. The van der Waals surface area contributed by atoms with Gasteiger partial charge in [0.2, 0.25) is 5.91 Å². The zero-order valence-electron chi connectivity index (χ0n) is 13.0. The predicted molar refractivity (Wildman–Crippen MR) is 82.4 cm³/mol. The lowest BCUT2D eigenvalue weighted by molar-refractivity contribution is -0.137. The molecule has 0 fully saturated rings. The molecule has 3 aromatic heterocycles. The number of halogens is 3. The molecule has 6 nitrogen and oxygen atoms in total. The first-order valence-electron chi connectivity index (χ1n) is 7.50. The molecule has 0 aromatic carbocycles. The zero-order valence-corrected chi connectivity index (χ0v) is 13.0. The lowest BCUT2D eigenvalue weighted by atomic mass is 10.1. The molecule has 0 saturated carbocycles. The monoisotopic (exact) mass is 349 g/mol. The van der Waals surface area contributed by atoms with Gasteiger partial charge < -0.3 is 5.32 Å². The van der Waals surface area contributed by atoms with Crippen LogP contribution in [0.1, 0.15) is 23.4 Å². The van der Waals surface area contributed by atoms with Crippen LogP contribution in [0.25, 0.3) is 5.65 Å². The van der Waals surface area contributed by atoms with Gasteiger partial charge in [0.1, 0.15) is 0 Å². The van der Waals surface area contributed by atoms with Crippen LogP contribution in [-0.4, -0.2) is 25.5 Å². The first kappa shape index (κ1) is 16.9. The fourth-order valence-electron chi connectivity index (χ4n) is 2.30. The molecule has 3 aromatic rings. The minimum atomic E-state index is -4.46. The van der Waals surface area contributed by atoms with E-state index < -0.39 is 11.7 Å². The Morgan fingerprint density at radius 2 is 2.04 bits per heavy atom. The van der Waals surface area contributed by atoms with Crippen LogP contribution in [0.5, 0.6) is 0 Å². The molecule has 3 rings (SSSR count). The Kier molecular flexibility index (Phi) is 4.64. The van der Waals surface area contributed by atoms with E-state index in [-0.39, 0.29) is 30.3 Å². The third-order valence-electron chi connectivity index (χ3n) is 3.61. The number of amides is 1. The molecule has 0 unspecified atom stereocenters. The van der Waals surface area contributed by atoms with Crippen molar-refractivity contribution in [2.24, 2.45) is 0 Å². The molecule has 0 bridgehead atoms. The van der Waals surface area contributed by atoms with Crippen molar-refractivity contribution in [3.63, 3.8) is 0 Å². The van der Waals surface area contributed by atoms with E-state index in [1.54, 1.807) is 18.5 Å². The van der Waals surface area contributed by atoms with Crippen molar-refractivity contribution in [1.29, 1.82) is 0 Å². The highest BCUT2D eigenvalue weighted by molar-refractivity contribution is 5.76. The first-order valence-corrected chi connectivity index (χ1v) is 7.50. The van der Waals surface area contributed by atoms with Crippen LogP contribution in [0.4, 0.5) is 13.2 Å². The third-order valence-corrected chi connectivity index (χ3v) is 3.61. The molecule has 0 aliphatic rings. The van der Waals surface area contributed by atoms with Gasteiger partial charge in [0.05, 0.1) is 12.1 Å². The highest BCUT2D eigenvalue weighted by atomic mass is 19.4. The van der Waals surface area contributed by atoms with E-state index in [4.69, 9.17) is 0 Å². The van der Waals surface area contributed by atoms with Gasteiger partial charge in [0, 0.05) is 25.0 Å². The number of pyridine rings is 2. The minimum absolute atomic E-state index is 0.00561. The Morgan fingerprint density at radius 1 is 1.20 bits per heavy atom. The molecule has 0 atom stereocenters. The number of aromatic nitrogens is 4. The summed E-state index contributed by atoms with van der Waals surface area (Å²) in [6.45, 7) is -0.00561. The van der Waals surface area contributed by atoms with Gasteiger partial charge in [-0.05, 0) is 30.2 Å². The second-order valence-electron chi connectivity index (χ2n) is 5.40. The molecule has 0 saturated heterocycles. The van der Waals surface area contributed by atoms with Gasteiger partial charge in [0.25, 0.3) is 0 Å². The van der Waals surface area contributed by atoms with E-state index >= 15 is 0 Å². The fraction of sp³-hybridized carbons (Fsp3) is 0.250. The van der Waals surface area contributed by atoms with Gasteiger partial charge in [-0.2, -0.15) is 13.2 Å². The van der Waals surface area contributed by atoms with Crippen LogP contribution in [0.3, 0.4) is 0 Å². The maximum atomic E-state index is 12.8. The van der Waals surface area contributed by atoms with Gasteiger partial charge >= 0.3 is 6.18 Å². The van der Waals surface area contributed by atoms with Crippen molar-refractivity contribution in [1.82, 2.24) is 24.9 Å². The lowest BCUT2D eigenvalue weighted by Gasteiger charge is -2.08. The summed E-state index contributed by atoms with van der Waals surface area (Å²) in [6.07, 6.45) is 0.566. The van der Waals surface area contributed by atoms with E-state index in [0.717, 1.165) is 17.8 Å². The molecule has 0 radical (unpaired) electrons. The van der Waals surface area contributed by atoms with E-state index in [1.807, 2.05) is 6.07 Å². The van der Waals surface area contributed by atoms with Crippen LogP contribution in [-0.2, 0) is 23.9 Å². The summed E-state index contributed by atoms with van der Waals surface area (Å²) in [5.74, 6) is 0.00315. The number of alkyl halides is 3. The highest BCUT2D eigenvalue weighted by Crippen LogP contribution is 2.29. The molecule has 0 spiro atoms. The second kappa shape index (κ2) is 6.88. The molecule has 130 valence electrons. The van der Waals surface area contributed by atoms with Crippen LogP contribution in [0, 0.1) is 0 Å². The van der Waals surface area contributed by atoms with E-state index in [1.165, 1.54) is 10.5 Å². The van der Waals surface area contributed by atoms with Crippen molar-refractivity contribution in [2.75, 3.05) is 0 Å². The Morgan fingerprint density at radius 3 is 2.76 bits per heavy atom. The number of carbonyl (C=O) groups is 1. The van der Waals surface area contributed by atoms with Crippen molar-refractivity contribution < 1.29 is 18.0 Å². The van der Waals surface area contributed by atoms with Gasteiger partial charge in [0.15, 0.2) is 11.5 Å². The summed E-state index contributed by atoms with van der Waals surface area (Å²) in [6, 6.07) is 5.84. The van der Waals surface area contributed by atoms with E-state index in [0.29, 0.717) is 6.42 Å². The Balaban J connectivity index is 1.63. The molecule has 3 heterocycles. The van der Waals surface area contributed by atoms with Gasteiger partial charge in [-0.3, -0.25) is 14.2 Å². The van der Waals surface area contributed by atoms with Crippen molar-refractivity contribution in [3.05, 3.63) is 59.8 Å².